The van der Waals surface area contributed by atoms with Crippen molar-refractivity contribution in [1.29, 1.82) is 0 Å². The van der Waals surface area contributed by atoms with Crippen molar-refractivity contribution in [2.45, 2.75) is 31.2 Å². The van der Waals surface area contributed by atoms with E-state index in [4.69, 9.17) is 4.74 Å². The summed E-state index contributed by atoms with van der Waals surface area (Å²) in [5.74, 6) is -0.523. The highest BCUT2D eigenvalue weighted by atomic mass is 16.6. The lowest BCUT2D eigenvalue weighted by Crippen LogP contribution is -2.50. The quantitative estimate of drug-likeness (QED) is 0.454. The first kappa shape index (κ1) is 19.6. The van der Waals surface area contributed by atoms with Gasteiger partial charge in [-0.3, -0.25) is 0 Å². The molecule has 0 bridgehead atoms. The largest absolute Gasteiger partial charge is 0.368 e. The van der Waals surface area contributed by atoms with Gasteiger partial charge in [0.1, 0.15) is 6.29 Å². The van der Waals surface area contributed by atoms with Crippen LogP contribution in [0.3, 0.4) is 0 Å². The van der Waals surface area contributed by atoms with E-state index in [1.165, 1.54) is 0 Å². The van der Waals surface area contributed by atoms with E-state index >= 15 is 0 Å². The number of rotatable bonds is 7. The summed E-state index contributed by atoms with van der Waals surface area (Å²) in [6.07, 6.45) is -0.176. The highest BCUT2D eigenvalue weighted by molar-refractivity contribution is 5.62. The van der Waals surface area contributed by atoms with Crippen molar-refractivity contribution in [3.05, 3.63) is 108 Å². The van der Waals surface area contributed by atoms with Crippen molar-refractivity contribution in [1.82, 2.24) is 0 Å². The molecule has 0 aliphatic heterocycles. The molecule has 0 saturated heterocycles. The minimum Gasteiger partial charge on any atom is -0.368 e. The maximum atomic E-state index is 12.0. The number of benzene rings is 3. The van der Waals surface area contributed by atoms with E-state index in [0.717, 1.165) is 23.0 Å². The summed E-state index contributed by atoms with van der Waals surface area (Å²) < 4.78 is 6.08. The normalized spacial score (nSPS) is 25.6. The first-order valence-corrected chi connectivity index (χ1v) is 10.1. The van der Waals surface area contributed by atoms with Crippen LogP contribution >= 0.6 is 0 Å². The van der Waals surface area contributed by atoms with Gasteiger partial charge in [0.2, 0.25) is 0 Å². The van der Waals surface area contributed by atoms with Crippen molar-refractivity contribution in [3.63, 3.8) is 0 Å². The fraction of sp³-hybridized carbons (Fsp3) is 0.269. The SMILES string of the molecule is CC(OC(O)[C@H]1C(c2ccccc2)[C@@H](C=O)[C@H]1c1ccccc1)c1ccccc1. The second-order valence-corrected chi connectivity index (χ2v) is 7.74. The molecule has 3 aromatic carbocycles. The molecular weight excluding hydrogens is 360 g/mol. The molecule has 3 nitrogen and oxygen atoms in total. The predicted octanol–water partition coefficient (Wildman–Crippen LogP) is 5.10. The summed E-state index contributed by atoms with van der Waals surface area (Å²) in [6.45, 7) is 1.95. The van der Waals surface area contributed by atoms with Gasteiger partial charge in [0, 0.05) is 23.7 Å². The summed E-state index contributed by atoms with van der Waals surface area (Å²) in [4.78, 5) is 12.0. The molecule has 0 radical (unpaired) electrons. The lowest BCUT2D eigenvalue weighted by molar-refractivity contribution is -0.199. The Labute approximate surface area is 172 Å². The Bertz CT molecular complexity index is 863. The van der Waals surface area contributed by atoms with E-state index in [-0.39, 0.29) is 29.8 Å². The van der Waals surface area contributed by atoms with Gasteiger partial charge in [0.15, 0.2) is 6.29 Å². The Balaban J connectivity index is 1.64. The van der Waals surface area contributed by atoms with Crippen LogP contribution in [0.25, 0.3) is 0 Å². The van der Waals surface area contributed by atoms with Gasteiger partial charge in [0.25, 0.3) is 0 Å². The highest BCUT2D eigenvalue weighted by Gasteiger charge is 2.55. The smallest absolute Gasteiger partial charge is 0.159 e. The number of hydrogen-bond donors (Lipinski definition) is 1. The topological polar surface area (TPSA) is 46.5 Å². The van der Waals surface area contributed by atoms with Crippen LogP contribution in [0.2, 0.25) is 0 Å². The molecule has 0 heterocycles. The second kappa shape index (κ2) is 8.73. The van der Waals surface area contributed by atoms with Crippen LogP contribution in [0.5, 0.6) is 0 Å². The predicted molar refractivity (Wildman–Crippen MR) is 113 cm³/mol. The molecule has 3 heteroatoms. The molecule has 1 aliphatic rings. The van der Waals surface area contributed by atoms with Gasteiger partial charge < -0.3 is 14.6 Å². The Morgan fingerprint density at radius 2 is 1.24 bits per heavy atom. The summed E-state index contributed by atoms with van der Waals surface area (Å²) in [6, 6.07) is 29.8. The van der Waals surface area contributed by atoms with Gasteiger partial charge in [0.05, 0.1) is 6.10 Å². The van der Waals surface area contributed by atoms with Crippen LogP contribution in [-0.4, -0.2) is 17.7 Å². The molecule has 1 fully saturated rings. The lowest BCUT2D eigenvalue weighted by Gasteiger charge is -2.52. The average molecular weight is 386 g/mol. The standard InChI is InChI=1S/C26H26O3/c1-18(19-11-5-2-6-12-19)29-26(28)25-23(20-13-7-3-8-14-20)22(17-27)24(25)21-15-9-4-10-16-21/h2-18,22-26,28H,1H3/t18?,22-,23+,24?,25+,26?/m0/s1. The Kier molecular flexibility index (Phi) is 5.89. The van der Waals surface area contributed by atoms with Crippen molar-refractivity contribution >= 4 is 6.29 Å². The Hall–Kier alpha value is -2.75. The molecule has 3 unspecified atom stereocenters. The summed E-state index contributed by atoms with van der Waals surface area (Å²) in [5, 5.41) is 11.1. The third-order valence-corrected chi connectivity index (χ3v) is 6.13. The maximum Gasteiger partial charge on any atom is 0.159 e. The van der Waals surface area contributed by atoms with Gasteiger partial charge in [-0.25, -0.2) is 0 Å². The maximum absolute atomic E-state index is 12.0. The van der Waals surface area contributed by atoms with Crippen molar-refractivity contribution in [2.24, 2.45) is 11.8 Å². The lowest BCUT2D eigenvalue weighted by atomic mass is 9.52. The van der Waals surface area contributed by atoms with Gasteiger partial charge in [-0.1, -0.05) is 91.0 Å². The second-order valence-electron chi connectivity index (χ2n) is 7.74. The number of hydrogen-bond acceptors (Lipinski definition) is 3. The molecular formula is C26H26O3. The average Bonchev–Trinajstić information content (AvgIpc) is 2.75. The van der Waals surface area contributed by atoms with E-state index in [1.807, 2.05) is 97.9 Å². The van der Waals surface area contributed by atoms with Crippen LogP contribution < -0.4 is 0 Å². The molecule has 29 heavy (non-hydrogen) atoms. The molecule has 0 amide bonds. The molecule has 4 rings (SSSR count). The fourth-order valence-corrected chi connectivity index (χ4v) is 4.68. The van der Waals surface area contributed by atoms with Crippen molar-refractivity contribution < 1.29 is 14.6 Å². The van der Waals surface area contributed by atoms with Crippen LogP contribution in [0, 0.1) is 11.8 Å². The first-order valence-electron chi connectivity index (χ1n) is 10.1. The van der Waals surface area contributed by atoms with Crippen LogP contribution in [-0.2, 0) is 9.53 Å². The van der Waals surface area contributed by atoms with Gasteiger partial charge in [-0.05, 0) is 23.6 Å². The van der Waals surface area contributed by atoms with Gasteiger partial charge in [-0.2, -0.15) is 0 Å². The van der Waals surface area contributed by atoms with Crippen LogP contribution in [0.1, 0.15) is 41.6 Å². The third-order valence-electron chi connectivity index (χ3n) is 6.13. The Morgan fingerprint density at radius 3 is 1.69 bits per heavy atom. The van der Waals surface area contributed by atoms with E-state index in [9.17, 15) is 9.90 Å². The molecule has 0 spiro atoms. The summed E-state index contributed by atoms with van der Waals surface area (Å²) in [5.41, 5.74) is 3.15. The first-order chi connectivity index (χ1) is 14.2. The zero-order chi connectivity index (χ0) is 20.2. The van der Waals surface area contributed by atoms with Crippen molar-refractivity contribution in [3.8, 4) is 0 Å². The monoisotopic (exact) mass is 386 g/mol. The zero-order valence-corrected chi connectivity index (χ0v) is 16.5. The number of carbonyl (C=O) groups excluding carboxylic acids is 1. The molecule has 1 N–H and O–H groups in total. The molecule has 0 aromatic heterocycles. The number of aldehydes is 1. The third kappa shape index (κ3) is 3.89. The number of ether oxygens (including phenoxy) is 1. The minimum atomic E-state index is -0.975. The molecule has 1 saturated carbocycles. The van der Waals surface area contributed by atoms with Gasteiger partial charge in [-0.15, -0.1) is 0 Å². The zero-order valence-electron chi connectivity index (χ0n) is 16.5. The Morgan fingerprint density at radius 1 is 0.793 bits per heavy atom. The van der Waals surface area contributed by atoms with Gasteiger partial charge >= 0.3 is 0 Å². The van der Waals surface area contributed by atoms with Crippen molar-refractivity contribution in [2.75, 3.05) is 0 Å². The van der Waals surface area contributed by atoms with Crippen LogP contribution in [0.15, 0.2) is 91.0 Å². The molecule has 1 aliphatic carbocycles. The molecule has 3 aromatic rings. The number of carbonyl (C=O) groups is 1. The highest BCUT2D eigenvalue weighted by Crippen LogP contribution is 2.58. The number of aliphatic hydroxyl groups is 1. The van der Waals surface area contributed by atoms with E-state index in [2.05, 4.69) is 0 Å². The molecule has 6 atom stereocenters. The van der Waals surface area contributed by atoms with E-state index < -0.39 is 6.29 Å². The fourth-order valence-electron chi connectivity index (χ4n) is 4.68. The van der Waals surface area contributed by atoms with E-state index in [1.54, 1.807) is 0 Å². The summed E-state index contributed by atoms with van der Waals surface area (Å²) >= 11 is 0. The number of aliphatic hydroxyl groups excluding tert-OH is 1. The van der Waals surface area contributed by atoms with Crippen LogP contribution in [0.4, 0.5) is 0 Å². The minimum absolute atomic E-state index is 0.0723. The molecule has 148 valence electrons. The van der Waals surface area contributed by atoms with E-state index in [0.29, 0.717) is 0 Å². The summed E-state index contributed by atoms with van der Waals surface area (Å²) in [7, 11) is 0.